The molecule has 0 bridgehead atoms. The maximum Gasteiger partial charge on any atom is 0.134 e. The van der Waals surface area contributed by atoms with Crippen molar-refractivity contribution in [1.82, 2.24) is 9.97 Å². The predicted molar refractivity (Wildman–Crippen MR) is 89.6 cm³/mol. The minimum Gasteiger partial charge on any atom is -0.373 e. The molecule has 0 aliphatic rings. The Bertz CT molecular complexity index is 617. The van der Waals surface area contributed by atoms with Crippen LogP contribution in [0.2, 0.25) is 10.0 Å². The summed E-state index contributed by atoms with van der Waals surface area (Å²) in [4.78, 5) is 8.53. The van der Waals surface area contributed by atoms with Gasteiger partial charge in [-0.25, -0.2) is 9.97 Å². The Morgan fingerprint density at radius 2 is 1.90 bits per heavy atom. The molecule has 0 aliphatic heterocycles. The maximum atomic E-state index is 6.17. The Morgan fingerprint density at radius 1 is 1.14 bits per heavy atom. The Kier molecular flexibility index (Phi) is 5.65. The third kappa shape index (κ3) is 3.99. The summed E-state index contributed by atoms with van der Waals surface area (Å²) in [5.41, 5.74) is 2.15. The van der Waals surface area contributed by atoms with Crippen LogP contribution in [-0.2, 0) is 12.8 Å². The number of nitrogens with zero attached hydrogens (tertiary/aromatic N) is 2. The van der Waals surface area contributed by atoms with E-state index in [4.69, 9.17) is 23.2 Å². The summed E-state index contributed by atoms with van der Waals surface area (Å²) in [5.74, 6) is 1.72. The second kappa shape index (κ2) is 7.48. The SMILES string of the molecule is CCc1c(NC)ncnc1NCCc1ccc(Cl)cc1Cl. The number of hydrogen-bond acceptors (Lipinski definition) is 4. The molecule has 0 unspecified atom stereocenters. The van der Waals surface area contributed by atoms with E-state index in [1.54, 1.807) is 12.4 Å². The van der Waals surface area contributed by atoms with Gasteiger partial charge in [-0.15, -0.1) is 0 Å². The first-order valence-electron chi connectivity index (χ1n) is 6.85. The highest BCUT2D eigenvalue weighted by Gasteiger charge is 2.08. The lowest BCUT2D eigenvalue weighted by Crippen LogP contribution is -2.11. The van der Waals surface area contributed by atoms with Crippen LogP contribution in [-0.4, -0.2) is 23.6 Å². The number of anilines is 2. The van der Waals surface area contributed by atoms with E-state index < -0.39 is 0 Å². The van der Waals surface area contributed by atoms with Gasteiger partial charge < -0.3 is 10.6 Å². The normalized spacial score (nSPS) is 10.5. The maximum absolute atomic E-state index is 6.17. The molecular formula is C15H18Cl2N4. The first kappa shape index (κ1) is 15.9. The molecule has 0 spiro atoms. The quantitative estimate of drug-likeness (QED) is 0.841. The predicted octanol–water partition coefficient (Wildman–Crippen LogP) is 4.04. The highest BCUT2D eigenvalue weighted by Crippen LogP contribution is 2.22. The summed E-state index contributed by atoms with van der Waals surface area (Å²) in [6, 6.07) is 5.57. The Balaban J connectivity index is 2.03. The van der Waals surface area contributed by atoms with Crippen LogP contribution in [0.4, 0.5) is 11.6 Å². The average Bonchev–Trinajstić information content (AvgIpc) is 2.49. The number of nitrogens with one attached hydrogen (secondary N) is 2. The van der Waals surface area contributed by atoms with Crippen molar-refractivity contribution in [3.63, 3.8) is 0 Å². The first-order chi connectivity index (χ1) is 10.2. The Labute approximate surface area is 134 Å². The summed E-state index contributed by atoms with van der Waals surface area (Å²) >= 11 is 12.1. The van der Waals surface area contributed by atoms with E-state index in [1.165, 1.54) is 0 Å². The van der Waals surface area contributed by atoms with Gasteiger partial charge in [0.15, 0.2) is 0 Å². The minimum absolute atomic E-state index is 0.652. The molecule has 4 nitrogen and oxygen atoms in total. The third-order valence-electron chi connectivity index (χ3n) is 3.24. The van der Waals surface area contributed by atoms with Gasteiger partial charge in [0.05, 0.1) is 0 Å². The summed E-state index contributed by atoms with van der Waals surface area (Å²) in [5, 5.41) is 7.78. The van der Waals surface area contributed by atoms with E-state index in [0.29, 0.717) is 10.0 Å². The summed E-state index contributed by atoms with van der Waals surface area (Å²) < 4.78 is 0. The number of hydrogen-bond donors (Lipinski definition) is 2. The van der Waals surface area contributed by atoms with Crippen LogP contribution in [0.15, 0.2) is 24.5 Å². The van der Waals surface area contributed by atoms with Crippen molar-refractivity contribution in [3.05, 3.63) is 45.7 Å². The fourth-order valence-corrected chi connectivity index (χ4v) is 2.66. The number of rotatable bonds is 6. The van der Waals surface area contributed by atoms with Crippen molar-refractivity contribution in [3.8, 4) is 0 Å². The Hall–Kier alpha value is -1.52. The van der Waals surface area contributed by atoms with E-state index in [1.807, 2.05) is 19.2 Å². The number of halogens is 2. The van der Waals surface area contributed by atoms with Crippen molar-refractivity contribution in [2.24, 2.45) is 0 Å². The second-order valence-electron chi connectivity index (χ2n) is 4.57. The van der Waals surface area contributed by atoms with E-state index in [-0.39, 0.29) is 0 Å². The zero-order chi connectivity index (χ0) is 15.2. The van der Waals surface area contributed by atoms with Gasteiger partial charge in [-0.3, -0.25) is 0 Å². The monoisotopic (exact) mass is 324 g/mol. The minimum atomic E-state index is 0.652. The van der Waals surface area contributed by atoms with Crippen molar-refractivity contribution in [2.45, 2.75) is 19.8 Å². The van der Waals surface area contributed by atoms with Crippen LogP contribution in [0.5, 0.6) is 0 Å². The molecule has 2 N–H and O–H groups in total. The molecule has 0 aliphatic carbocycles. The first-order valence-corrected chi connectivity index (χ1v) is 7.60. The third-order valence-corrected chi connectivity index (χ3v) is 3.82. The molecule has 0 radical (unpaired) electrons. The highest BCUT2D eigenvalue weighted by atomic mass is 35.5. The van der Waals surface area contributed by atoms with E-state index in [9.17, 15) is 0 Å². The molecule has 2 rings (SSSR count). The van der Waals surface area contributed by atoms with Crippen LogP contribution < -0.4 is 10.6 Å². The molecule has 1 heterocycles. The summed E-state index contributed by atoms with van der Waals surface area (Å²) in [6.07, 6.45) is 3.22. The van der Waals surface area contributed by atoms with Crippen LogP contribution >= 0.6 is 23.2 Å². The lowest BCUT2D eigenvalue weighted by atomic mass is 10.1. The Morgan fingerprint density at radius 3 is 2.57 bits per heavy atom. The van der Waals surface area contributed by atoms with Gasteiger partial charge in [-0.2, -0.15) is 0 Å². The molecule has 112 valence electrons. The van der Waals surface area contributed by atoms with Crippen LogP contribution in [0.25, 0.3) is 0 Å². The largest absolute Gasteiger partial charge is 0.373 e. The molecule has 1 aromatic carbocycles. The average molecular weight is 325 g/mol. The van der Waals surface area contributed by atoms with Gasteiger partial charge in [-0.05, 0) is 30.5 Å². The lowest BCUT2D eigenvalue weighted by molar-refractivity contribution is 0.974. The van der Waals surface area contributed by atoms with Gasteiger partial charge in [0.25, 0.3) is 0 Å². The van der Waals surface area contributed by atoms with Gasteiger partial charge in [0.1, 0.15) is 18.0 Å². The van der Waals surface area contributed by atoms with E-state index in [0.717, 1.165) is 42.1 Å². The van der Waals surface area contributed by atoms with Crippen molar-refractivity contribution in [1.29, 1.82) is 0 Å². The van der Waals surface area contributed by atoms with E-state index >= 15 is 0 Å². The fourth-order valence-electron chi connectivity index (χ4n) is 2.15. The van der Waals surface area contributed by atoms with Crippen molar-refractivity contribution < 1.29 is 0 Å². The topological polar surface area (TPSA) is 49.8 Å². The highest BCUT2D eigenvalue weighted by molar-refractivity contribution is 6.35. The molecule has 0 fully saturated rings. The van der Waals surface area contributed by atoms with Crippen LogP contribution in [0.1, 0.15) is 18.1 Å². The number of benzene rings is 1. The molecule has 0 atom stereocenters. The lowest BCUT2D eigenvalue weighted by Gasteiger charge is -2.13. The molecule has 0 saturated heterocycles. The van der Waals surface area contributed by atoms with Crippen LogP contribution in [0, 0.1) is 0 Å². The van der Waals surface area contributed by atoms with Gasteiger partial charge in [-0.1, -0.05) is 36.2 Å². The molecule has 0 saturated carbocycles. The zero-order valence-corrected chi connectivity index (χ0v) is 13.6. The molecule has 2 aromatic rings. The van der Waals surface area contributed by atoms with E-state index in [2.05, 4.69) is 27.5 Å². The molecule has 6 heteroatoms. The molecular weight excluding hydrogens is 307 g/mol. The summed E-state index contributed by atoms with van der Waals surface area (Å²) in [6.45, 7) is 2.83. The van der Waals surface area contributed by atoms with Crippen LogP contribution in [0.3, 0.4) is 0 Å². The van der Waals surface area contributed by atoms with Crippen molar-refractivity contribution in [2.75, 3.05) is 24.2 Å². The van der Waals surface area contributed by atoms with Gasteiger partial charge in [0.2, 0.25) is 0 Å². The van der Waals surface area contributed by atoms with Gasteiger partial charge in [0, 0.05) is 29.2 Å². The molecule has 21 heavy (non-hydrogen) atoms. The summed E-state index contributed by atoms with van der Waals surface area (Å²) in [7, 11) is 1.86. The van der Waals surface area contributed by atoms with Gasteiger partial charge >= 0.3 is 0 Å². The fraction of sp³-hybridized carbons (Fsp3) is 0.333. The smallest absolute Gasteiger partial charge is 0.134 e. The zero-order valence-electron chi connectivity index (χ0n) is 12.1. The molecule has 1 aromatic heterocycles. The van der Waals surface area contributed by atoms with Crippen molar-refractivity contribution >= 4 is 34.8 Å². The number of aromatic nitrogens is 2. The standard InChI is InChI=1S/C15H18Cl2N4/c1-3-12-14(18-2)20-9-21-15(12)19-7-6-10-4-5-11(16)8-13(10)17/h4-5,8-9H,3,6-7H2,1-2H3,(H2,18,19,20,21). The second-order valence-corrected chi connectivity index (χ2v) is 5.41. The molecule has 0 amide bonds.